The van der Waals surface area contributed by atoms with Crippen LogP contribution < -0.4 is 5.46 Å². The summed E-state index contributed by atoms with van der Waals surface area (Å²) >= 11 is 16.6. The lowest BCUT2D eigenvalue weighted by molar-refractivity contribution is 0.426. The van der Waals surface area contributed by atoms with Crippen LogP contribution >= 0.6 is 34.8 Å². The van der Waals surface area contributed by atoms with Gasteiger partial charge in [0.1, 0.15) is 28.1 Å². The number of hydrogen-bond donors (Lipinski definition) is 2. The molecule has 0 saturated carbocycles. The molecule has 0 atom stereocenters. The first kappa shape index (κ1) is 23.7. The van der Waals surface area contributed by atoms with Crippen molar-refractivity contribution in [2.75, 3.05) is 0 Å². The smallest absolute Gasteiger partial charge is 0.423 e. The summed E-state index contributed by atoms with van der Waals surface area (Å²) in [6, 6.07) is 21.7. The van der Waals surface area contributed by atoms with Crippen LogP contribution in [0.2, 0.25) is 15.5 Å². The molecule has 4 aromatic rings. The van der Waals surface area contributed by atoms with Gasteiger partial charge in [-0.25, -0.2) is 19.9 Å². The van der Waals surface area contributed by atoms with Crippen molar-refractivity contribution in [3.8, 4) is 11.3 Å². The van der Waals surface area contributed by atoms with E-state index in [0.717, 1.165) is 11.3 Å². The van der Waals surface area contributed by atoms with Gasteiger partial charge in [-0.05, 0) is 5.46 Å². The Hall–Kier alpha value is -2.55. The summed E-state index contributed by atoms with van der Waals surface area (Å²) < 4.78 is 0. The van der Waals surface area contributed by atoms with E-state index in [1.54, 1.807) is 30.3 Å². The molecule has 0 unspecified atom stereocenters. The summed E-state index contributed by atoms with van der Waals surface area (Å²) in [4.78, 5) is 15.2. The highest BCUT2D eigenvalue weighted by Gasteiger charge is 2.07. The van der Waals surface area contributed by atoms with E-state index in [-0.39, 0.29) is 0 Å². The second-order valence-electron chi connectivity index (χ2n) is 5.54. The number of benzene rings is 2. The van der Waals surface area contributed by atoms with E-state index in [1.165, 1.54) is 18.7 Å². The van der Waals surface area contributed by atoms with Gasteiger partial charge in [0.2, 0.25) is 0 Å². The third-order valence-corrected chi connectivity index (χ3v) is 4.02. The molecule has 10 heteroatoms. The van der Waals surface area contributed by atoms with Crippen LogP contribution in [-0.2, 0) is 0 Å². The summed E-state index contributed by atoms with van der Waals surface area (Å²) in [6.45, 7) is 0. The number of hydrogen-bond acceptors (Lipinski definition) is 6. The number of nitrogens with zero attached hydrogens (tertiary/aromatic N) is 4. The van der Waals surface area contributed by atoms with Crippen LogP contribution in [0.5, 0.6) is 0 Å². The van der Waals surface area contributed by atoms with E-state index < -0.39 is 7.12 Å². The molecule has 2 N–H and O–H groups in total. The average molecular weight is 462 g/mol. The van der Waals surface area contributed by atoms with Crippen molar-refractivity contribution in [1.82, 2.24) is 19.9 Å². The van der Waals surface area contributed by atoms with Gasteiger partial charge in [-0.15, -0.1) is 0 Å². The minimum Gasteiger partial charge on any atom is -0.423 e. The first-order valence-electron chi connectivity index (χ1n) is 8.53. The molecule has 30 heavy (non-hydrogen) atoms. The quantitative estimate of drug-likeness (QED) is 0.347. The highest BCUT2D eigenvalue weighted by atomic mass is 35.5. The third-order valence-electron chi connectivity index (χ3n) is 3.40. The van der Waals surface area contributed by atoms with Crippen LogP contribution in [0.15, 0.2) is 85.5 Å². The van der Waals surface area contributed by atoms with E-state index in [0.29, 0.717) is 20.9 Å². The Kier molecular flexibility index (Phi) is 10.2. The van der Waals surface area contributed by atoms with Crippen molar-refractivity contribution >= 4 is 47.4 Å². The van der Waals surface area contributed by atoms with Crippen LogP contribution in [0.4, 0.5) is 0 Å². The largest absolute Gasteiger partial charge is 0.488 e. The molecule has 0 bridgehead atoms. The first-order chi connectivity index (χ1) is 14.5. The molecular weight excluding hydrogens is 445 g/mol. The summed E-state index contributed by atoms with van der Waals surface area (Å²) in [5.74, 6) is 0. The fourth-order valence-electron chi connectivity index (χ4n) is 2.04. The number of aromatic nitrogens is 4. The van der Waals surface area contributed by atoms with Crippen LogP contribution in [0.1, 0.15) is 0 Å². The first-order valence-corrected chi connectivity index (χ1v) is 9.66. The molecule has 0 radical (unpaired) electrons. The van der Waals surface area contributed by atoms with Crippen LogP contribution in [-0.4, -0.2) is 37.1 Å². The Morgan fingerprint density at radius 3 is 1.47 bits per heavy atom. The number of halogens is 3. The van der Waals surface area contributed by atoms with Crippen molar-refractivity contribution in [2.45, 2.75) is 0 Å². The Morgan fingerprint density at radius 1 is 0.600 bits per heavy atom. The van der Waals surface area contributed by atoms with Crippen LogP contribution in [0.25, 0.3) is 11.3 Å². The molecule has 0 aliphatic rings. The Morgan fingerprint density at radius 2 is 1.07 bits per heavy atom. The van der Waals surface area contributed by atoms with Crippen molar-refractivity contribution in [2.24, 2.45) is 0 Å². The fraction of sp³-hybridized carbons (Fsp3) is 0. The molecule has 0 spiro atoms. The van der Waals surface area contributed by atoms with Crippen molar-refractivity contribution < 1.29 is 10.0 Å². The van der Waals surface area contributed by atoms with Gasteiger partial charge in [-0.2, -0.15) is 0 Å². The minimum absolute atomic E-state index is 0.366. The fourth-order valence-corrected chi connectivity index (χ4v) is 2.53. The highest BCUT2D eigenvalue weighted by molar-refractivity contribution is 6.58. The Bertz CT molecular complexity index is 1010. The topological polar surface area (TPSA) is 92.0 Å². The summed E-state index contributed by atoms with van der Waals surface area (Å²) in [5, 5.41) is 18.4. The molecule has 0 fully saturated rings. The minimum atomic E-state index is -1.34. The van der Waals surface area contributed by atoms with Crippen molar-refractivity contribution in [3.63, 3.8) is 0 Å². The maximum atomic E-state index is 8.58. The summed E-state index contributed by atoms with van der Waals surface area (Å²) in [7, 11) is -1.34. The molecular formula is C20H16BCl3N4O2. The van der Waals surface area contributed by atoms with Crippen LogP contribution in [0.3, 0.4) is 0 Å². The molecule has 6 nitrogen and oxygen atoms in total. The SMILES string of the molecule is Clc1cc(-c2ccccc2)ncn1.Clc1cc(Cl)ncn1.OB(O)c1ccccc1. The van der Waals surface area contributed by atoms with Gasteiger partial charge in [0.15, 0.2) is 0 Å². The van der Waals surface area contributed by atoms with Gasteiger partial charge in [0.05, 0.1) is 5.69 Å². The van der Waals surface area contributed by atoms with Gasteiger partial charge >= 0.3 is 7.12 Å². The maximum absolute atomic E-state index is 8.58. The lowest BCUT2D eigenvalue weighted by Gasteiger charge is -1.98. The normalized spacial score (nSPS) is 9.50. The Balaban J connectivity index is 0.000000167. The van der Waals surface area contributed by atoms with E-state index in [1.807, 2.05) is 36.4 Å². The van der Waals surface area contributed by atoms with Gasteiger partial charge in [0, 0.05) is 17.7 Å². The lowest BCUT2D eigenvalue weighted by atomic mass is 9.81. The molecule has 2 heterocycles. The lowest BCUT2D eigenvalue weighted by Crippen LogP contribution is -2.29. The van der Waals surface area contributed by atoms with E-state index in [2.05, 4.69) is 19.9 Å². The highest BCUT2D eigenvalue weighted by Crippen LogP contribution is 2.17. The van der Waals surface area contributed by atoms with Gasteiger partial charge in [-0.3, -0.25) is 0 Å². The van der Waals surface area contributed by atoms with E-state index >= 15 is 0 Å². The average Bonchev–Trinajstić information content (AvgIpc) is 2.76. The molecule has 152 valence electrons. The predicted molar refractivity (Wildman–Crippen MR) is 121 cm³/mol. The molecule has 4 rings (SSSR count). The third kappa shape index (κ3) is 8.86. The van der Waals surface area contributed by atoms with Crippen molar-refractivity contribution in [1.29, 1.82) is 0 Å². The second-order valence-corrected chi connectivity index (χ2v) is 6.70. The summed E-state index contributed by atoms with van der Waals surface area (Å²) in [6.07, 6.45) is 2.77. The molecule has 0 amide bonds. The van der Waals surface area contributed by atoms with E-state index in [4.69, 9.17) is 44.9 Å². The standard InChI is InChI=1S/C10H7ClN2.C6H7BO2.C4H2Cl2N2/c11-10-6-9(12-7-13-10)8-4-2-1-3-5-8;8-7(9)6-4-2-1-3-5-6;5-3-1-4(6)8-2-7-3/h1-7H;1-5,8-9H;1-2H. The zero-order valence-corrected chi connectivity index (χ0v) is 17.7. The monoisotopic (exact) mass is 460 g/mol. The van der Waals surface area contributed by atoms with E-state index in [9.17, 15) is 0 Å². The molecule has 2 aromatic carbocycles. The Labute approximate surface area is 189 Å². The van der Waals surface area contributed by atoms with Crippen molar-refractivity contribution in [3.05, 3.63) is 101 Å². The second kappa shape index (κ2) is 12.9. The molecule has 2 aromatic heterocycles. The van der Waals surface area contributed by atoms with Gasteiger partial charge in [0.25, 0.3) is 0 Å². The van der Waals surface area contributed by atoms with Crippen LogP contribution in [0, 0.1) is 0 Å². The van der Waals surface area contributed by atoms with Gasteiger partial charge in [-0.1, -0.05) is 95.5 Å². The molecule has 0 aliphatic heterocycles. The predicted octanol–water partition coefficient (Wildman–Crippen LogP) is 3.95. The zero-order valence-electron chi connectivity index (χ0n) is 15.5. The summed E-state index contributed by atoms with van der Waals surface area (Å²) in [5.41, 5.74) is 2.42. The molecule has 0 saturated heterocycles. The zero-order chi connectivity index (χ0) is 21.8. The maximum Gasteiger partial charge on any atom is 0.488 e. The van der Waals surface area contributed by atoms with Gasteiger partial charge < -0.3 is 10.0 Å². The molecule has 0 aliphatic carbocycles. The number of rotatable bonds is 2.